The lowest BCUT2D eigenvalue weighted by molar-refractivity contribution is 0.112. The summed E-state index contributed by atoms with van der Waals surface area (Å²) in [5.41, 5.74) is 6.01. The van der Waals surface area contributed by atoms with Crippen molar-refractivity contribution in [2.24, 2.45) is 0 Å². The highest BCUT2D eigenvalue weighted by molar-refractivity contribution is 5.80. The number of rotatable bonds is 2. The Bertz CT molecular complexity index is 273. The SMILES string of the molecule is COc1cnc(C=O)c(N)c1. The first-order chi connectivity index (χ1) is 5.27. The maximum Gasteiger partial charge on any atom is 0.170 e. The number of methoxy groups -OCH3 is 1. The van der Waals surface area contributed by atoms with Gasteiger partial charge in [0.2, 0.25) is 0 Å². The van der Waals surface area contributed by atoms with Crippen LogP contribution in [-0.4, -0.2) is 18.4 Å². The van der Waals surface area contributed by atoms with Gasteiger partial charge in [0.15, 0.2) is 6.29 Å². The fraction of sp³-hybridized carbons (Fsp3) is 0.143. The number of nitrogens with two attached hydrogens (primary N) is 1. The Kier molecular flexibility index (Phi) is 2.06. The van der Waals surface area contributed by atoms with Crippen molar-refractivity contribution in [1.29, 1.82) is 0 Å². The molecule has 1 heterocycles. The highest BCUT2D eigenvalue weighted by Crippen LogP contribution is 2.14. The standard InChI is InChI=1S/C7H8N2O2/c1-11-5-2-6(8)7(4-10)9-3-5/h2-4H,8H2,1H3. The van der Waals surface area contributed by atoms with Crippen molar-refractivity contribution in [3.63, 3.8) is 0 Å². The van der Waals surface area contributed by atoms with Gasteiger partial charge >= 0.3 is 0 Å². The van der Waals surface area contributed by atoms with E-state index in [0.29, 0.717) is 17.7 Å². The molecule has 0 fully saturated rings. The molecule has 0 saturated heterocycles. The lowest BCUT2D eigenvalue weighted by atomic mass is 10.3. The van der Waals surface area contributed by atoms with Crippen LogP contribution in [0.25, 0.3) is 0 Å². The van der Waals surface area contributed by atoms with Gasteiger partial charge in [-0.3, -0.25) is 4.79 Å². The van der Waals surface area contributed by atoms with E-state index in [9.17, 15) is 4.79 Å². The van der Waals surface area contributed by atoms with Gasteiger partial charge in [0.05, 0.1) is 19.0 Å². The number of aldehydes is 1. The third-order valence-corrected chi connectivity index (χ3v) is 1.27. The monoisotopic (exact) mass is 152 g/mol. The zero-order chi connectivity index (χ0) is 8.27. The van der Waals surface area contributed by atoms with E-state index >= 15 is 0 Å². The second kappa shape index (κ2) is 3.01. The molecule has 1 aromatic heterocycles. The minimum Gasteiger partial charge on any atom is -0.495 e. The van der Waals surface area contributed by atoms with E-state index in [1.807, 2.05) is 0 Å². The summed E-state index contributed by atoms with van der Waals surface area (Å²) in [7, 11) is 1.51. The predicted molar refractivity (Wildman–Crippen MR) is 40.6 cm³/mol. The van der Waals surface area contributed by atoms with Gasteiger partial charge in [0.1, 0.15) is 11.4 Å². The Hall–Kier alpha value is -1.58. The second-order valence-electron chi connectivity index (χ2n) is 1.97. The van der Waals surface area contributed by atoms with Crippen molar-refractivity contribution in [2.45, 2.75) is 0 Å². The molecule has 0 aliphatic carbocycles. The fourth-order valence-electron chi connectivity index (χ4n) is 0.682. The molecule has 4 nitrogen and oxygen atoms in total. The van der Waals surface area contributed by atoms with Crippen molar-refractivity contribution in [3.8, 4) is 5.75 Å². The van der Waals surface area contributed by atoms with Gasteiger partial charge in [-0.05, 0) is 0 Å². The number of ether oxygens (including phenoxy) is 1. The third-order valence-electron chi connectivity index (χ3n) is 1.27. The largest absolute Gasteiger partial charge is 0.495 e. The van der Waals surface area contributed by atoms with Crippen LogP contribution in [0.1, 0.15) is 10.5 Å². The average Bonchev–Trinajstić information content (AvgIpc) is 2.04. The summed E-state index contributed by atoms with van der Waals surface area (Å²) in [6.07, 6.45) is 2.05. The van der Waals surface area contributed by atoms with Gasteiger partial charge in [-0.1, -0.05) is 0 Å². The summed E-state index contributed by atoms with van der Waals surface area (Å²) in [5.74, 6) is 0.549. The van der Waals surface area contributed by atoms with Crippen LogP contribution in [0.15, 0.2) is 12.3 Å². The number of nitrogens with zero attached hydrogens (tertiary/aromatic N) is 1. The minimum absolute atomic E-state index is 0.241. The molecule has 0 aliphatic rings. The molecule has 11 heavy (non-hydrogen) atoms. The number of anilines is 1. The molecule has 0 unspecified atom stereocenters. The topological polar surface area (TPSA) is 65.2 Å². The van der Waals surface area contributed by atoms with E-state index in [1.165, 1.54) is 13.3 Å². The van der Waals surface area contributed by atoms with Gasteiger partial charge in [-0.15, -0.1) is 0 Å². The van der Waals surface area contributed by atoms with Gasteiger partial charge in [0, 0.05) is 6.07 Å². The zero-order valence-corrected chi connectivity index (χ0v) is 6.07. The summed E-state index contributed by atoms with van der Waals surface area (Å²) < 4.78 is 4.84. The Balaban J connectivity index is 3.09. The fourth-order valence-corrected chi connectivity index (χ4v) is 0.682. The summed E-state index contributed by atoms with van der Waals surface area (Å²) in [6.45, 7) is 0. The van der Waals surface area contributed by atoms with Crippen LogP contribution in [0.5, 0.6) is 5.75 Å². The Labute approximate surface area is 64.0 Å². The quantitative estimate of drug-likeness (QED) is 0.626. The van der Waals surface area contributed by atoms with Crippen LogP contribution >= 0.6 is 0 Å². The summed E-state index contributed by atoms with van der Waals surface area (Å²) in [6, 6.07) is 1.55. The molecule has 0 saturated carbocycles. The number of carbonyl (C=O) groups excluding carboxylic acids is 1. The molecule has 0 amide bonds. The normalized spacial score (nSPS) is 9.18. The molecule has 1 rings (SSSR count). The zero-order valence-electron chi connectivity index (χ0n) is 6.07. The first-order valence-electron chi connectivity index (χ1n) is 3.02. The number of aromatic nitrogens is 1. The van der Waals surface area contributed by atoms with Crippen LogP contribution in [0.3, 0.4) is 0 Å². The van der Waals surface area contributed by atoms with Crippen LogP contribution < -0.4 is 10.5 Å². The smallest absolute Gasteiger partial charge is 0.170 e. The summed E-state index contributed by atoms with van der Waals surface area (Å²) in [4.78, 5) is 14.0. The lowest BCUT2D eigenvalue weighted by Crippen LogP contribution is -1.97. The van der Waals surface area contributed by atoms with Crippen molar-refractivity contribution in [1.82, 2.24) is 4.98 Å². The van der Waals surface area contributed by atoms with Crippen LogP contribution in [-0.2, 0) is 0 Å². The van der Waals surface area contributed by atoms with Crippen LogP contribution in [0, 0.1) is 0 Å². The lowest BCUT2D eigenvalue weighted by Gasteiger charge is -2.00. The number of nitrogen functional groups attached to an aromatic ring is 1. The third kappa shape index (κ3) is 1.46. The first kappa shape index (κ1) is 7.53. The maximum atomic E-state index is 10.2. The molecule has 1 aromatic rings. The molecule has 0 bridgehead atoms. The maximum absolute atomic E-state index is 10.2. The Morgan fingerprint density at radius 3 is 2.91 bits per heavy atom. The number of pyridine rings is 1. The molecule has 0 atom stereocenters. The average molecular weight is 152 g/mol. The van der Waals surface area contributed by atoms with Crippen molar-refractivity contribution >= 4 is 12.0 Å². The van der Waals surface area contributed by atoms with E-state index in [-0.39, 0.29) is 5.69 Å². The Morgan fingerprint density at radius 1 is 1.73 bits per heavy atom. The van der Waals surface area contributed by atoms with Gasteiger partial charge < -0.3 is 10.5 Å². The summed E-state index contributed by atoms with van der Waals surface area (Å²) in [5, 5.41) is 0. The van der Waals surface area contributed by atoms with Crippen LogP contribution in [0.2, 0.25) is 0 Å². The number of carbonyl (C=O) groups is 1. The summed E-state index contributed by atoms with van der Waals surface area (Å²) >= 11 is 0. The second-order valence-corrected chi connectivity index (χ2v) is 1.97. The number of hydrogen-bond acceptors (Lipinski definition) is 4. The molecule has 0 spiro atoms. The molecule has 58 valence electrons. The van der Waals surface area contributed by atoms with E-state index in [2.05, 4.69) is 4.98 Å². The molecule has 0 aliphatic heterocycles. The van der Waals surface area contributed by atoms with Gasteiger partial charge in [0.25, 0.3) is 0 Å². The van der Waals surface area contributed by atoms with Crippen LogP contribution in [0.4, 0.5) is 5.69 Å². The minimum atomic E-state index is 0.241. The highest BCUT2D eigenvalue weighted by atomic mass is 16.5. The molecular weight excluding hydrogens is 144 g/mol. The Morgan fingerprint density at radius 2 is 2.45 bits per heavy atom. The van der Waals surface area contributed by atoms with Crippen molar-refractivity contribution in [3.05, 3.63) is 18.0 Å². The highest BCUT2D eigenvalue weighted by Gasteiger charge is 1.99. The molecule has 0 radical (unpaired) electrons. The first-order valence-corrected chi connectivity index (χ1v) is 3.02. The van der Waals surface area contributed by atoms with E-state index in [0.717, 1.165) is 0 Å². The van der Waals surface area contributed by atoms with E-state index in [4.69, 9.17) is 10.5 Å². The molecule has 0 aromatic carbocycles. The van der Waals surface area contributed by atoms with Crippen molar-refractivity contribution in [2.75, 3.05) is 12.8 Å². The van der Waals surface area contributed by atoms with E-state index in [1.54, 1.807) is 6.07 Å². The van der Waals surface area contributed by atoms with Crippen molar-refractivity contribution < 1.29 is 9.53 Å². The molecule has 2 N–H and O–H groups in total. The number of hydrogen-bond donors (Lipinski definition) is 1. The van der Waals surface area contributed by atoms with Gasteiger partial charge in [-0.25, -0.2) is 4.98 Å². The van der Waals surface area contributed by atoms with E-state index < -0.39 is 0 Å². The predicted octanol–water partition coefficient (Wildman–Crippen LogP) is 0.485. The van der Waals surface area contributed by atoms with Gasteiger partial charge in [-0.2, -0.15) is 0 Å². The molecule has 4 heteroatoms. The molecular formula is C7H8N2O2.